The molecule has 2 aromatic rings. The number of hydrogen-bond donors (Lipinski definition) is 1. The van der Waals surface area contributed by atoms with Crippen molar-refractivity contribution in [1.29, 1.82) is 0 Å². The van der Waals surface area contributed by atoms with Crippen LogP contribution in [0.25, 0.3) is 0 Å². The molecule has 25 heavy (non-hydrogen) atoms. The smallest absolute Gasteiger partial charge is 0.193 e. The van der Waals surface area contributed by atoms with Gasteiger partial charge in [0.2, 0.25) is 0 Å². The van der Waals surface area contributed by atoms with Crippen LogP contribution in [0.4, 0.5) is 0 Å². The van der Waals surface area contributed by atoms with Crippen LogP contribution in [0.3, 0.4) is 0 Å². The number of benzene rings is 1. The van der Waals surface area contributed by atoms with Gasteiger partial charge in [0.25, 0.3) is 0 Å². The van der Waals surface area contributed by atoms with Gasteiger partial charge in [-0.1, -0.05) is 19.1 Å². The van der Waals surface area contributed by atoms with Crippen LogP contribution in [0.1, 0.15) is 25.2 Å². The maximum Gasteiger partial charge on any atom is 0.193 e. The molecule has 0 atom stereocenters. The summed E-state index contributed by atoms with van der Waals surface area (Å²) < 4.78 is 7.54. The Kier molecular flexibility index (Phi) is 7.25. The number of aromatic nitrogens is 3. The molecule has 0 saturated carbocycles. The van der Waals surface area contributed by atoms with Gasteiger partial charge in [-0.05, 0) is 24.6 Å². The third-order valence-electron chi connectivity index (χ3n) is 3.88. The van der Waals surface area contributed by atoms with Crippen molar-refractivity contribution in [3.63, 3.8) is 0 Å². The van der Waals surface area contributed by atoms with Crippen LogP contribution < -0.4 is 10.1 Å². The fourth-order valence-corrected chi connectivity index (χ4v) is 2.62. The van der Waals surface area contributed by atoms with Crippen molar-refractivity contribution in [1.82, 2.24) is 25.0 Å². The Hall–Kier alpha value is -2.57. The first kappa shape index (κ1) is 18.8. The molecule has 0 aliphatic carbocycles. The van der Waals surface area contributed by atoms with E-state index in [-0.39, 0.29) is 0 Å². The summed E-state index contributed by atoms with van der Waals surface area (Å²) in [7, 11) is 3.83. The molecule has 0 amide bonds. The first-order valence-electron chi connectivity index (χ1n) is 8.68. The van der Waals surface area contributed by atoms with Crippen LogP contribution in [-0.2, 0) is 19.5 Å². The fourth-order valence-electron chi connectivity index (χ4n) is 2.62. The summed E-state index contributed by atoms with van der Waals surface area (Å²) in [5, 5.41) is 11.4. The molecular weight excluding hydrogens is 316 g/mol. The van der Waals surface area contributed by atoms with Crippen molar-refractivity contribution in [3.8, 4) is 5.75 Å². The van der Waals surface area contributed by atoms with E-state index in [9.17, 15) is 0 Å². The predicted molar refractivity (Wildman–Crippen MR) is 99.8 cm³/mol. The van der Waals surface area contributed by atoms with Crippen LogP contribution in [0.2, 0.25) is 0 Å². The number of aryl methyl sites for hydroxylation is 1. The summed E-state index contributed by atoms with van der Waals surface area (Å²) in [4.78, 5) is 6.46. The number of ether oxygens (including phenoxy) is 1. The van der Waals surface area contributed by atoms with Gasteiger partial charge in [0, 0.05) is 40.2 Å². The molecular formula is C18H28N6O. The zero-order valence-electron chi connectivity index (χ0n) is 15.6. The van der Waals surface area contributed by atoms with Crippen molar-refractivity contribution in [2.24, 2.45) is 4.99 Å². The van der Waals surface area contributed by atoms with E-state index >= 15 is 0 Å². The molecule has 0 radical (unpaired) electrons. The maximum absolute atomic E-state index is 5.48. The summed E-state index contributed by atoms with van der Waals surface area (Å²) in [6.07, 6.45) is 2.65. The second kappa shape index (κ2) is 9.66. The van der Waals surface area contributed by atoms with Gasteiger partial charge in [0.05, 0.1) is 6.61 Å². The quantitative estimate of drug-likeness (QED) is 0.586. The maximum atomic E-state index is 5.48. The number of hydrogen-bond acceptors (Lipinski definition) is 4. The molecule has 136 valence electrons. The molecule has 0 aliphatic rings. The van der Waals surface area contributed by atoms with Gasteiger partial charge >= 0.3 is 0 Å². The lowest BCUT2D eigenvalue weighted by Gasteiger charge is -2.22. The lowest BCUT2D eigenvalue weighted by molar-refractivity contribution is 0.340. The molecule has 1 aromatic carbocycles. The van der Waals surface area contributed by atoms with E-state index in [0.717, 1.165) is 43.6 Å². The van der Waals surface area contributed by atoms with Gasteiger partial charge in [-0.15, -0.1) is 10.2 Å². The average Bonchev–Trinajstić information content (AvgIpc) is 3.08. The molecule has 0 spiro atoms. The number of nitrogens with zero attached hydrogens (tertiary/aromatic N) is 5. The van der Waals surface area contributed by atoms with E-state index in [1.807, 2.05) is 26.1 Å². The Labute approximate surface area is 149 Å². The second-order valence-electron chi connectivity index (χ2n) is 5.70. The third-order valence-corrected chi connectivity index (χ3v) is 3.88. The van der Waals surface area contributed by atoms with E-state index in [0.29, 0.717) is 6.61 Å². The molecule has 2 rings (SSSR count). The normalized spacial score (nSPS) is 11.4. The van der Waals surface area contributed by atoms with Gasteiger partial charge in [-0.25, -0.2) is 0 Å². The SMILES string of the molecule is CCOc1ccc(CN(C)C(=NC)NCCn2cnnc2CC)cc1. The Morgan fingerprint density at radius 2 is 2.04 bits per heavy atom. The van der Waals surface area contributed by atoms with E-state index < -0.39 is 0 Å². The number of aliphatic imine (C=N–C) groups is 1. The first-order chi connectivity index (χ1) is 12.2. The highest BCUT2D eigenvalue weighted by Gasteiger charge is 2.07. The Balaban J connectivity index is 1.84. The summed E-state index contributed by atoms with van der Waals surface area (Å²) >= 11 is 0. The molecule has 0 aliphatic heterocycles. The molecule has 1 N–H and O–H groups in total. The van der Waals surface area contributed by atoms with Gasteiger partial charge in [-0.2, -0.15) is 0 Å². The van der Waals surface area contributed by atoms with Crippen LogP contribution in [0.5, 0.6) is 5.75 Å². The molecule has 7 nitrogen and oxygen atoms in total. The lowest BCUT2D eigenvalue weighted by Crippen LogP contribution is -2.39. The van der Waals surface area contributed by atoms with Gasteiger partial charge in [0.1, 0.15) is 17.9 Å². The van der Waals surface area contributed by atoms with Crippen LogP contribution >= 0.6 is 0 Å². The van der Waals surface area contributed by atoms with Crippen molar-refractivity contribution < 1.29 is 4.74 Å². The fraction of sp³-hybridized carbons (Fsp3) is 0.500. The van der Waals surface area contributed by atoms with Crippen LogP contribution in [-0.4, -0.2) is 52.9 Å². The van der Waals surface area contributed by atoms with Gasteiger partial charge in [0.15, 0.2) is 5.96 Å². The Morgan fingerprint density at radius 3 is 2.68 bits per heavy atom. The molecule has 0 fully saturated rings. The number of nitrogens with one attached hydrogen (secondary N) is 1. The summed E-state index contributed by atoms with van der Waals surface area (Å²) in [6, 6.07) is 8.17. The summed E-state index contributed by atoms with van der Waals surface area (Å²) in [6.45, 7) is 7.11. The first-order valence-corrected chi connectivity index (χ1v) is 8.68. The van der Waals surface area contributed by atoms with Crippen molar-refractivity contribution in [2.75, 3.05) is 27.2 Å². The summed E-state index contributed by atoms with van der Waals surface area (Å²) in [5.74, 6) is 2.76. The van der Waals surface area contributed by atoms with E-state index in [1.54, 1.807) is 13.4 Å². The van der Waals surface area contributed by atoms with Gasteiger partial charge in [-0.3, -0.25) is 4.99 Å². The van der Waals surface area contributed by atoms with Crippen molar-refractivity contribution in [2.45, 2.75) is 33.4 Å². The van der Waals surface area contributed by atoms with E-state index in [1.165, 1.54) is 5.56 Å². The average molecular weight is 344 g/mol. The van der Waals surface area contributed by atoms with Crippen LogP contribution in [0.15, 0.2) is 35.6 Å². The largest absolute Gasteiger partial charge is 0.494 e. The lowest BCUT2D eigenvalue weighted by atomic mass is 10.2. The zero-order chi connectivity index (χ0) is 18.1. The second-order valence-corrected chi connectivity index (χ2v) is 5.70. The van der Waals surface area contributed by atoms with Crippen molar-refractivity contribution in [3.05, 3.63) is 42.0 Å². The topological polar surface area (TPSA) is 67.6 Å². The molecule has 7 heteroatoms. The molecule has 1 heterocycles. The third kappa shape index (κ3) is 5.48. The van der Waals surface area contributed by atoms with Crippen molar-refractivity contribution >= 4 is 5.96 Å². The predicted octanol–water partition coefficient (Wildman–Crippen LogP) is 1.95. The highest BCUT2D eigenvalue weighted by molar-refractivity contribution is 5.79. The van der Waals surface area contributed by atoms with E-state index in [4.69, 9.17) is 4.74 Å². The van der Waals surface area contributed by atoms with Gasteiger partial charge < -0.3 is 19.5 Å². The summed E-state index contributed by atoms with van der Waals surface area (Å²) in [5.41, 5.74) is 1.21. The standard InChI is InChI=1S/C18H28N6O/c1-5-17-22-21-14-24(17)12-11-20-18(19-3)23(4)13-15-7-9-16(10-8-15)25-6-2/h7-10,14H,5-6,11-13H2,1-4H3,(H,19,20). The number of guanidine groups is 1. The van der Waals surface area contributed by atoms with Crippen LogP contribution in [0, 0.1) is 0 Å². The Morgan fingerprint density at radius 1 is 1.28 bits per heavy atom. The van der Waals surface area contributed by atoms with E-state index in [2.05, 4.69) is 49.0 Å². The monoisotopic (exact) mass is 344 g/mol. The molecule has 0 saturated heterocycles. The minimum Gasteiger partial charge on any atom is -0.494 e. The molecule has 1 aromatic heterocycles. The highest BCUT2D eigenvalue weighted by Crippen LogP contribution is 2.13. The minimum absolute atomic E-state index is 0.683. The highest BCUT2D eigenvalue weighted by atomic mass is 16.5. The number of rotatable bonds is 8. The molecule has 0 unspecified atom stereocenters. The minimum atomic E-state index is 0.683. The zero-order valence-corrected chi connectivity index (χ0v) is 15.6. The molecule has 0 bridgehead atoms. The Bertz CT molecular complexity index is 664.